The number of hydrogen-bond donors (Lipinski definition) is 0. The fourth-order valence-electron chi connectivity index (χ4n) is 4.23. The molecule has 0 radical (unpaired) electrons. The summed E-state index contributed by atoms with van der Waals surface area (Å²) in [7, 11) is 0. The van der Waals surface area contributed by atoms with E-state index in [0.29, 0.717) is 0 Å². The first-order valence-electron chi connectivity index (χ1n) is 9.09. The first-order valence-corrected chi connectivity index (χ1v) is 13.2. The molecule has 0 aliphatic rings. The minimum Gasteiger partial charge on any atom is -0.129 e. The van der Waals surface area contributed by atoms with Crippen molar-refractivity contribution in [3.63, 3.8) is 0 Å². The van der Waals surface area contributed by atoms with E-state index in [4.69, 9.17) is 0 Å². The predicted octanol–water partition coefficient (Wildman–Crippen LogP) is 9.02. The summed E-state index contributed by atoms with van der Waals surface area (Å²) in [5, 5.41) is 10.9. The highest BCUT2D eigenvalue weighted by Gasteiger charge is 2.12. The summed E-state index contributed by atoms with van der Waals surface area (Å²) in [6, 6.07) is 23.2. The van der Waals surface area contributed by atoms with E-state index in [1.165, 1.54) is 60.9 Å². The van der Waals surface area contributed by atoms with Crippen LogP contribution in [0.5, 0.6) is 0 Å². The maximum atomic E-state index is 2.35. The number of fused-ring (bicyclic) bond motifs is 9. The molecular weight excluding hydrogens is 417 g/mol. The second kappa shape index (κ2) is 6.39. The second-order valence-electron chi connectivity index (χ2n) is 6.91. The molecule has 2 heterocycles. The van der Waals surface area contributed by atoms with Crippen molar-refractivity contribution in [3.8, 4) is 0 Å². The van der Waals surface area contributed by atoms with E-state index < -0.39 is 0 Å². The van der Waals surface area contributed by atoms with Crippen molar-refractivity contribution in [2.75, 3.05) is 12.5 Å². The molecule has 0 unspecified atom stereocenters. The minimum atomic E-state index is 1.35. The third-order valence-corrected chi connectivity index (χ3v) is 9.88. The van der Waals surface area contributed by atoms with Crippen molar-refractivity contribution in [2.24, 2.45) is 0 Å². The third-order valence-electron chi connectivity index (χ3n) is 5.55. The van der Waals surface area contributed by atoms with Crippen LogP contribution in [0.3, 0.4) is 0 Å². The van der Waals surface area contributed by atoms with Crippen LogP contribution in [0.2, 0.25) is 0 Å². The van der Waals surface area contributed by atoms with Crippen LogP contribution in [0.15, 0.2) is 69.1 Å². The molecule has 0 saturated heterocycles. The summed E-state index contributed by atoms with van der Waals surface area (Å²) < 4.78 is 5.51. The number of thioether (sulfide) groups is 2. The zero-order chi connectivity index (χ0) is 18.8. The molecule has 136 valence electrons. The van der Waals surface area contributed by atoms with Crippen LogP contribution in [-0.2, 0) is 0 Å². The molecule has 0 atom stereocenters. The topological polar surface area (TPSA) is 0 Å². The highest BCUT2D eigenvalue weighted by Crippen LogP contribution is 2.42. The van der Waals surface area contributed by atoms with E-state index in [2.05, 4.69) is 73.2 Å². The van der Waals surface area contributed by atoms with Gasteiger partial charge >= 0.3 is 0 Å². The van der Waals surface area contributed by atoms with Gasteiger partial charge in [-0.05, 0) is 69.1 Å². The van der Waals surface area contributed by atoms with Crippen LogP contribution >= 0.6 is 46.2 Å². The molecule has 4 heteroatoms. The number of hydrogen-bond acceptors (Lipinski definition) is 4. The van der Waals surface area contributed by atoms with E-state index in [1.807, 2.05) is 46.2 Å². The molecule has 6 aromatic rings. The Labute approximate surface area is 179 Å². The number of rotatable bonds is 2. The van der Waals surface area contributed by atoms with Crippen molar-refractivity contribution in [2.45, 2.75) is 8.42 Å². The number of benzene rings is 4. The normalized spacial score (nSPS) is 12.2. The molecule has 0 nitrogen and oxygen atoms in total. The highest BCUT2D eigenvalue weighted by molar-refractivity contribution is 8.00. The largest absolute Gasteiger partial charge is 0.129 e. The average molecular weight is 433 g/mol. The van der Waals surface area contributed by atoms with Crippen molar-refractivity contribution < 1.29 is 0 Å². The Morgan fingerprint density at radius 1 is 0.464 bits per heavy atom. The second-order valence-corrected chi connectivity index (χ2v) is 11.3. The van der Waals surface area contributed by atoms with Gasteiger partial charge in [0.1, 0.15) is 0 Å². The quantitative estimate of drug-likeness (QED) is 0.198. The Morgan fingerprint density at radius 3 is 1.14 bits per heavy atom. The van der Waals surface area contributed by atoms with E-state index in [-0.39, 0.29) is 0 Å². The summed E-state index contributed by atoms with van der Waals surface area (Å²) in [6.45, 7) is 0. The molecule has 0 bridgehead atoms. The van der Waals surface area contributed by atoms with Gasteiger partial charge in [0.2, 0.25) is 0 Å². The molecule has 0 saturated carbocycles. The zero-order valence-electron chi connectivity index (χ0n) is 15.4. The van der Waals surface area contributed by atoms with Gasteiger partial charge in [0.25, 0.3) is 0 Å². The van der Waals surface area contributed by atoms with Crippen LogP contribution in [-0.4, -0.2) is 12.5 Å². The molecule has 28 heavy (non-hydrogen) atoms. The smallest absolute Gasteiger partial charge is 0.0608 e. The zero-order valence-corrected chi connectivity index (χ0v) is 18.7. The molecule has 6 rings (SSSR count). The molecule has 4 aromatic carbocycles. The van der Waals surface area contributed by atoms with Crippen LogP contribution in [0, 0.1) is 0 Å². The van der Waals surface area contributed by atoms with Gasteiger partial charge in [-0.1, -0.05) is 36.4 Å². The van der Waals surface area contributed by atoms with E-state index >= 15 is 0 Å². The van der Waals surface area contributed by atoms with Crippen molar-refractivity contribution in [1.82, 2.24) is 0 Å². The van der Waals surface area contributed by atoms with Crippen molar-refractivity contribution in [3.05, 3.63) is 60.7 Å². The highest BCUT2D eigenvalue weighted by atomic mass is 32.2. The molecule has 2 aromatic heterocycles. The Balaban J connectivity index is 1.73. The fourth-order valence-corrected chi connectivity index (χ4v) is 7.53. The predicted molar refractivity (Wildman–Crippen MR) is 133 cm³/mol. The van der Waals surface area contributed by atoms with Crippen LogP contribution in [0.4, 0.5) is 0 Å². The maximum absolute atomic E-state index is 2.35. The summed E-state index contributed by atoms with van der Waals surface area (Å²) in [5.41, 5.74) is 0. The van der Waals surface area contributed by atoms with Gasteiger partial charge in [-0.25, -0.2) is 0 Å². The summed E-state index contributed by atoms with van der Waals surface area (Å²) >= 11 is 7.44. The molecule has 0 N–H and O–H groups in total. The monoisotopic (exact) mass is 432 g/mol. The minimum absolute atomic E-state index is 1.35. The lowest BCUT2D eigenvalue weighted by atomic mass is 9.95. The molecule has 0 aliphatic carbocycles. The lowest BCUT2D eigenvalue weighted by Crippen LogP contribution is -1.81. The maximum Gasteiger partial charge on any atom is 0.0608 e. The summed E-state index contributed by atoms with van der Waals surface area (Å²) in [4.78, 5) is 0. The van der Waals surface area contributed by atoms with Crippen molar-refractivity contribution >= 4 is 98.7 Å². The van der Waals surface area contributed by atoms with Gasteiger partial charge in [-0.2, -0.15) is 0 Å². The summed E-state index contributed by atoms with van der Waals surface area (Å²) in [5.74, 6) is 0. The fraction of sp³-hybridized carbons (Fsp3) is 0.0833. The Hall–Kier alpha value is -1.72. The Kier molecular flexibility index (Phi) is 3.92. The first-order chi connectivity index (χ1) is 13.8. The molecule has 0 amide bonds. The summed E-state index contributed by atoms with van der Waals surface area (Å²) in [6.07, 6.45) is 4.31. The van der Waals surface area contributed by atoms with E-state index in [0.717, 1.165) is 0 Å². The Morgan fingerprint density at radius 2 is 0.786 bits per heavy atom. The number of thiophene rings is 2. The lowest BCUT2D eigenvalue weighted by molar-refractivity contribution is 1.78. The van der Waals surface area contributed by atoms with Crippen molar-refractivity contribution in [1.29, 1.82) is 0 Å². The molecular formula is C24H16S4. The van der Waals surface area contributed by atoms with Gasteiger partial charge in [0, 0.05) is 20.2 Å². The SMILES string of the molecule is CSc1cc2c(ccc3c2ccc2c4ccc5sc(SC)cc5c4ccc32)s1. The lowest BCUT2D eigenvalue weighted by Gasteiger charge is -2.09. The van der Waals surface area contributed by atoms with Crippen LogP contribution in [0.25, 0.3) is 52.5 Å². The Bertz CT molecular complexity index is 1420. The standard InChI is InChI=1S/C24H16S4/c1-25-23-11-19-17-5-3-14-13(15(17)7-9-21(19)27-23)4-6-18-16(14)8-10-22-20(18)12-24(26-2)28-22/h3-12H,1-2H3. The average Bonchev–Trinajstić information content (AvgIpc) is 3.36. The van der Waals surface area contributed by atoms with Gasteiger partial charge in [-0.15, -0.1) is 46.2 Å². The third kappa shape index (κ3) is 2.38. The van der Waals surface area contributed by atoms with Gasteiger partial charge < -0.3 is 0 Å². The molecule has 0 fully saturated rings. The first kappa shape index (κ1) is 17.2. The van der Waals surface area contributed by atoms with Gasteiger partial charge in [0.15, 0.2) is 0 Å². The van der Waals surface area contributed by atoms with Gasteiger partial charge in [-0.3, -0.25) is 0 Å². The van der Waals surface area contributed by atoms with Gasteiger partial charge in [0.05, 0.1) is 8.42 Å². The van der Waals surface area contributed by atoms with E-state index in [9.17, 15) is 0 Å². The van der Waals surface area contributed by atoms with Crippen LogP contribution < -0.4 is 0 Å². The molecule has 0 spiro atoms. The van der Waals surface area contributed by atoms with E-state index in [1.54, 1.807) is 0 Å². The van der Waals surface area contributed by atoms with Crippen LogP contribution in [0.1, 0.15) is 0 Å². The molecule has 0 aliphatic heterocycles.